The largest absolute Gasteiger partial charge is 0.463 e. The van der Waals surface area contributed by atoms with E-state index in [1.165, 1.54) is 6.08 Å². The number of ether oxygens (including phenoxy) is 2. The fourth-order valence-electron chi connectivity index (χ4n) is 6.05. The Morgan fingerprint density at radius 2 is 1.89 bits per heavy atom. The van der Waals surface area contributed by atoms with Crippen LogP contribution in [0.5, 0.6) is 0 Å². The second kappa shape index (κ2) is 13.2. The van der Waals surface area contributed by atoms with Crippen LogP contribution in [0.15, 0.2) is 66.7 Å². The first-order chi connectivity index (χ1) is 21.5. The van der Waals surface area contributed by atoms with E-state index >= 15 is 4.39 Å². The summed E-state index contributed by atoms with van der Waals surface area (Å²) in [6, 6.07) is 21.3. The Kier molecular flexibility index (Phi) is 8.92. The minimum Gasteiger partial charge on any atom is -0.463 e. The molecule has 3 aromatic carbocycles. The van der Waals surface area contributed by atoms with Crippen LogP contribution in [0.25, 0.3) is 28.1 Å². The van der Waals surface area contributed by atoms with Crippen molar-refractivity contribution in [2.45, 2.75) is 51.7 Å². The lowest BCUT2D eigenvalue weighted by Gasteiger charge is -2.32. The van der Waals surface area contributed by atoms with Crippen LogP contribution in [-0.4, -0.2) is 29.0 Å². The van der Waals surface area contributed by atoms with Crippen molar-refractivity contribution in [1.82, 2.24) is 9.78 Å². The summed E-state index contributed by atoms with van der Waals surface area (Å²) in [6.07, 6.45) is 8.77. The molecule has 8 heteroatoms. The SMILES string of the molecule is CCOC(=O)/C=C/c1ccc(/C(=C(\c2ccc(C#N)cc2Cl)C2CCC2)c2ccc3c(c2)c(F)nn3C2CCCCO2)cc1. The third-order valence-corrected chi connectivity index (χ3v) is 8.76. The summed E-state index contributed by atoms with van der Waals surface area (Å²) in [5.41, 5.74) is 6.70. The number of hydrogen-bond acceptors (Lipinski definition) is 5. The molecule has 2 fully saturated rings. The fourth-order valence-corrected chi connectivity index (χ4v) is 6.33. The van der Waals surface area contributed by atoms with Gasteiger partial charge in [-0.15, -0.1) is 5.10 Å². The van der Waals surface area contributed by atoms with Gasteiger partial charge in [0.15, 0.2) is 6.23 Å². The van der Waals surface area contributed by atoms with E-state index in [1.54, 1.807) is 29.8 Å². The van der Waals surface area contributed by atoms with E-state index in [9.17, 15) is 10.1 Å². The van der Waals surface area contributed by atoms with Gasteiger partial charge < -0.3 is 9.47 Å². The Bertz CT molecular complexity index is 1790. The molecule has 2 heterocycles. The maximum absolute atomic E-state index is 15.5. The number of allylic oxidation sites excluding steroid dienone is 1. The number of carbonyl (C=O) groups excluding carboxylic acids is 1. The normalized spacial score (nSPS) is 17.7. The van der Waals surface area contributed by atoms with Gasteiger partial charge in [-0.3, -0.25) is 0 Å². The Hall–Kier alpha value is -4.25. The standard InChI is InChI=1S/C36H33ClFN3O3/c1-2-43-33(42)18-12-23-9-13-26(14-10-23)34(35(25-6-5-7-25)28-16-11-24(22-39)20-30(28)37)27-15-17-31-29(21-27)36(38)40-41(31)32-8-3-4-19-44-32/h9-18,20-21,25,32H,2-8,19H2,1H3/b18-12+,35-34+. The van der Waals surface area contributed by atoms with E-state index in [1.807, 2.05) is 48.5 Å². The minimum absolute atomic E-state index is 0.248. The highest BCUT2D eigenvalue weighted by Gasteiger charge is 2.29. The Balaban J connectivity index is 1.52. The molecule has 6 rings (SSSR count). The highest BCUT2D eigenvalue weighted by Crippen LogP contribution is 2.47. The Morgan fingerprint density at radius 1 is 1.09 bits per heavy atom. The monoisotopic (exact) mass is 609 g/mol. The third-order valence-electron chi connectivity index (χ3n) is 8.45. The molecule has 1 saturated heterocycles. The van der Waals surface area contributed by atoms with Crippen LogP contribution in [0.2, 0.25) is 5.02 Å². The number of rotatable bonds is 8. The van der Waals surface area contributed by atoms with Crippen LogP contribution in [0.3, 0.4) is 0 Å². The lowest BCUT2D eigenvalue weighted by atomic mass is 9.73. The molecule has 1 aromatic heterocycles. The molecule has 224 valence electrons. The van der Waals surface area contributed by atoms with Gasteiger partial charge in [-0.25, -0.2) is 9.48 Å². The maximum Gasteiger partial charge on any atom is 0.330 e. The summed E-state index contributed by atoms with van der Waals surface area (Å²) < 4.78 is 28.1. The predicted octanol–water partition coefficient (Wildman–Crippen LogP) is 8.74. The molecule has 4 aromatic rings. The second-order valence-corrected chi connectivity index (χ2v) is 11.6. The predicted molar refractivity (Wildman–Crippen MR) is 170 cm³/mol. The van der Waals surface area contributed by atoms with Crippen molar-refractivity contribution in [3.8, 4) is 6.07 Å². The molecule has 0 amide bonds. The molecule has 1 atom stereocenters. The highest BCUT2D eigenvalue weighted by molar-refractivity contribution is 6.33. The van der Waals surface area contributed by atoms with Gasteiger partial charge in [-0.2, -0.15) is 9.65 Å². The second-order valence-electron chi connectivity index (χ2n) is 11.2. The van der Waals surface area contributed by atoms with E-state index in [2.05, 4.69) is 11.2 Å². The molecule has 2 aliphatic rings. The molecular weight excluding hydrogens is 577 g/mol. The van der Waals surface area contributed by atoms with Gasteiger partial charge in [-0.1, -0.05) is 54.4 Å². The van der Waals surface area contributed by atoms with Crippen LogP contribution < -0.4 is 0 Å². The van der Waals surface area contributed by atoms with Crippen LogP contribution in [0.4, 0.5) is 4.39 Å². The number of halogens is 2. The molecule has 44 heavy (non-hydrogen) atoms. The zero-order valence-corrected chi connectivity index (χ0v) is 25.3. The molecule has 0 bridgehead atoms. The van der Waals surface area contributed by atoms with Crippen LogP contribution in [0.1, 0.15) is 79.5 Å². The van der Waals surface area contributed by atoms with Gasteiger partial charge in [0.25, 0.3) is 0 Å². The molecule has 1 saturated carbocycles. The number of nitrogens with zero attached hydrogens (tertiary/aromatic N) is 3. The number of hydrogen-bond donors (Lipinski definition) is 0. The van der Waals surface area contributed by atoms with Gasteiger partial charge in [-0.05, 0) is 109 Å². The van der Waals surface area contributed by atoms with Crippen molar-refractivity contribution in [3.05, 3.63) is 106 Å². The first-order valence-corrected chi connectivity index (χ1v) is 15.5. The quantitative estimate of drug-likeness (QED) is 0.113. The fraction of sp³-hybridized carbons (Fsp3) is 0.306. The summed E-state index contributed by atoms with van der Waals surface area (Å²) in [6.45, 7) is 2.72. The van der Waals surface area contributed by atoms with Gasteiger partial charge in [0.1, 0.15) is 0 Å². The first kappa shape index (κ1) is 29.8. The zero-order valence-electron chi connectivity index (χ0n) is 24.6. The molecule has 0 spiro atoms. The molecule has 1 aliphatic heterocycles. The number of benzene rings is 3. The number of fused-ring (bicyclic) bond motifs is 1. The zero-order chi connectivity index (χ0) is 30.6. The van der Waals surface area contributed by atoms with Crippen molar-refractivity contribution in [2.75, 3.05) is 13.2 Å². The number of nitriles is 1. The topological polar surface area (TPSA) is 77.1 Å². The van der Waals surface area contributed by atoms with Crippen molar-refractivity contribution in [2.24, 2.45) is 5.92 Å². The Morgan fingerprint density at radius 3 is 2.55 bits per heavy atom. The number of esters is 1. The summed E-state index contributed by atoms with van der Waals surface area (Å²) in [5, 5.41) is 14.7. The molecule has 0 N–H and O–H groups in total. The van der Waals surface area contributed by atoms with Crippen LogP contribution in [0, 0.1) is 23.2 Å². The average Bonchev–Trinajstić information content (AvgIpc) is 3.35. The van der Waals surface area contributed by atoms with Gasteiger partial charge in [0.05, 0.1) is 29.1 Å². The molecule has 1 aliphatic carbocycles. The van der Waals surface area contributed by atoms with Gasteiger partial charge in [0.2, 0.25) is 5.95 Å². The summed E-state index contributed by atoms with van der Waals surface area (Å²) in [4.78, 5) is 11.9. The summed E-state index contributed by atoms with van der Waals surface area (Å²) in [5.74, 6) is -0.677. The maximum atomic E-state index is 15.5. The van der Waals surface area contributed by atoms with E-state index in [-0.39, 0.29) is 12.1 Å². The molecular formula is C36H33ClFN3O3. The Labute approximate surface area is 261 Å². The van der Waals surface area contributed by atoms with Crippen molar-refractivity contribution in [1.29, 1.82) is 5.26 Å². The van der Waals surface area contributed by atoms with E-state index in [4.69, 9.17) is 21.1 Å². The molecule has 6 nitrogen and oxygen atoms in total. The van der Waals surface area contributed by atoms with Gasteiger partial charge >= 0.3 is 5.97 Å². The first-order valence-electron chi connectivity index (χ1n) is 15.2. The molecule has 1 unspecified atom stereocenters. The van der Waals surface area contributed by atoms with E-state index < -0.39 is 11.9 Å². The smallest absolute Gasteiger partial charge is 0.330 e. The third kappa shape index (κ3) is 6.06. The van der Waals surface area contributed by atoms with Crippen LogP contribution >= 0.6 is 11.6 Å². The van der Waals surface area contributed by atoms with Crippen molar-refractivity contribution >= 4 is 45.7 Å². The number of aromatic nitrogens is 2. The van der Waals surface area contributed by atoms with Crippen LogP contribution in [-0.2, 0) is 14.3 Å². The van der Waals surface area contributed by atoms with E-state index in [0.717, 1.165) is 71.9 Å². The van der Waals surface area contributed by atoms with Crippen molar-refractivity contribution < 1.29 is 18.7 Å². The minimum atomic E-state index is -0.531. The van der Waals surface area contributed by atoms with E-state index in [0.29, 0.717) is 34.7 Å². The van der Waals surface area contributed by atoms with Crippen molar-refractivity contribution in [3.63, 3.8) is 0 Å². The molecule has 0 radical (unpaired) electrons. The summed E-state index contributed by atoms with van der Waals surface area (Å²) >= 11 is 6.85. The number of carbonyl (C=O) groups is 1. The average molecular weight is 610 g/mol. The lowest BCUT2D eigenvalue weighted by Crippen LogP contribution is -2.19. The lowest BCUT2D eigenvalue weighted by molar-refractivity contribution is -0.137. The summed E-state index contributed by atoms with van der Waals surface area (Å²) in [7, 11) is 0. The highest BCUT2D eigenvalue weighted by atomic mass is 35.5. The van der Waals surface area contributed by atoms with Gasteiger partial charge in [0, 0.05) is 17.7 Å².